The number of carbonyl (C=O) groups excluding carboxylic acids is 3. The van der Waals surface area contributed by atoms with Gasteiger partial charge in [0.15, 0.2) is 0 Å². The van der Waals surface area contributed by atoms with Crippen molar-refractivity contribution in [2.75, 3.05) is 52.7 Å². The molecule has 0 aliphatic rings. The molecule has 0 radical (unpaired) electrons. The Hall–Kier alpha value is -1.51. The summed E-state index contributed by atoms with van der Waals surface area (Å²) in [4.78, 5) is 33.1. The fraction of sp³-hybridized carbons (Fsp3) is 0.833. The lowest BCUT2D eigenvalue weighted by Crippen LogP contribution is -2.25. The molecule has 0 aromatic rings. The van der Waals surface area contributed by atoms with Crippen LogP contribution in [0.1, 0.15) is 46.0 Å². The molecule has 0 rings (SSSR count). The number of nitrogens with one attached hydrogen (secondary N) is 2. The molecule has 2 amide bonds. The first-order valence-electron chi connectivity index (χ1n) is 9.32. The van der Waals surface area contributed by atoms with E-state index in [0.29, 0.717) is 65.6 Å². The largest absolute Gasteiger partial charge is 0.379 e. The number of amides is 2. The third-order valence-corrected chi connectivity index (χ3v) is 3.34. The van der Waals surface area contributed by atoms with Gasteiger partial charge in [0.05, 0.1) is 26.4 Å². The standard InChI is InChI=1S/C18H34N2O6/c1-3-17(22)19-8-4-10-24-12-14-26-15-13-25-11-5-9-20-18(23)7-6-16(2)21/h3-15H2,1-2H3,(H,19,22)(H,20,23). The topological polar surface area (TPSA) is 103 Å². The summed E-state index contributed by atoms with van der Waals surface area (Å²) in [6.45, 7) is 7.67. The fourth-order valence-electron chi connectivity index (χ4n) is 1.85. The molecule has 26 heavy (non-hydrogen) atoms. The van der Waals surface area contributed by atoms with Crippen LogP contribution in [0.15, 0.2) is 0 Å². The molecule has 8 heteroatoms. The van der Waals surface area contributed by atoms with Crippen molar-refractivity contribution in [2.24, 2.45) is 0 Å². The van der Waals surface area contributed by atoms with Crippen LogP contribution in [0, 0.1) is 0 Å². The van der Waals surface area contributed by atoms with E-state index in [4.69, 9.17) is 14.2 Å². The van der Waals surface area contributed by atoms with Crippen LogP contribution in [0.4, 0.5) is 0 Å². The monoisotopic (exact) mass is 374 g/mol. The van der Waals surface area contributed by atoms with Gasteiger partial charge in [-0.2, -0.15) is 0 Å². The zero-order chi connectivity index (χ0) is 19.5. The minimum atomic E-state index is -0.101. The van der Waals surface area contributed by atoms with E-state index >= 15 is 0 Å². The third kappa shape index (κ3) is 18.8. The molecular weight excluding hydrogens is 340 g/mol. The highest BCUT2D eigenvalue weighted by Crippen LogP contribution is 1.91. The van der Waals surface area contributed by atoms with Crippen LogP contribution in [-0.2, 0) is 28.6 Å². The molecule has 0 atom stereocenters. The number of ketones is 1. The van der Waals surface area contributed by atoms with Crippen molar-refractivity contribution in [1.82, 2.24) is 10.6 Å². The van der Waals surface area contributed by atoms with Crippen molar-refractivity contribution in [3.05, 3.63) is 0 Å². The highest BCUT2D eigenvalue weighted by molar-refractivity contribution is 5.83. The summed E-state index contributed by atoms with van der Waals surface area (Å²) < 4.78 is 16.2. The molecule has 0 aromatic carbocycles. The number of Topliss-reactive ketones (excluding diaryl/α,β-unsaturated/α-hetero) is 1. The summed E-state index contributed by atoms with van der Waals surface area (Å²) >= 11 is 0. The molecule has 152 valence electrons. The summed E-state index contributed by atoms with van der Waals surface area (Å²) in [6.07, 6.45) is 2.56. The number of ether oxygens (including phenoxy) is 3. The van der Waals surface area contributed by atoms with Gasteiger partial charge in [0.25, 0.3) is 0 Å². The predicted molar refractivity (Wildman–Crippen MR) is 97.9 cm³/mol. The Morgan fingerprint density at radius 1 is 0.692 bits per heavy atom. The molecular formula is C18H34N2O6. The van der Waals surface area contributed by atoms with E-state index in [1.165, 1.54) is 6.92 Å². The van der Waals surface area contributed by atoms with Gasteiger partial charge in [-0.1, -0.05) is 6.92 Å². The minimum absolute atomic E-state index is 0.0226. The lowest BCUT2D eigenvalue weighted by atomic mass is 10.2. The molecule has 0 fully saturated rings. The van der Waals surface area contributed by atoms with Gasteiger partial charge in [-0.25, -0.2) is 0 Å². The molecule has 0 aliphatic heterocycles. The van der Waals surface area contributed by atoms with E-state index in [1.807, 2.05) is 6.92 Å². The van der Waals surface area contributed by atoms with Crippen molar-refractivity contribution in [1.29, 1.82) is 0 Å². The Kier molecular flexibility index (Phi) is 17.2. The molecule has 0 aliphatic carbocycles. The molecule has 8 nitrogen and oxygen atoms in total. The maximum Gasteiger partial charge on any atom is 0.220 e. The number of carbonyl (C=O) groups is 3. The van der Waals surface area contributed by atoms with Crippen molar-refractivity contribution >= 4 is 17.6 Å². The van der Waals surface area contributed by atoms with Crippen LogP contribution >= 0.6 is 0 Å². The van der Waals surface area contributed by atoms with Crippen molar-refractivity contribution in [3.8, 4) is 0 Å². The lowest BCUT2D eigenvalue weighted by molar-refractivity contribution is -0.124. The lowest BCUT2D eigenvalue weighted by Gasteiger charge is -2.08. The van der Waals surface area contributed by atoms with E-state index in [1.54, 1.807) is 0 Å². The molecule has 0 saturated carbocycles. The average molecular weight is 374 g/mol. The van der Waals surface area contributed by atoms with Gasteiger partial charge in [-0.3, -0.25) is 9.59 Å². The van der Waals surface area contributed by atoms with Crippen LogP contribution in [-0.4, -0.2) is 70.3 Å². The fourth-order valence-corrected chi connectivity index (χ4v) is 1.85. The Balaban J connectivity index is 3.14. The van der Waals surface area contributed by atoms with Crippen LogP contribution < -0.4 is 10.6 Å². The summed E-state index contributed by atoms with van der Waals surface area (Å²) in [5, 5.41) is 5.53. The SMILES string of the molecule is CCC(=O)NCCCOCCOCCOCCCNC(=O)CCC(C)=O. The zero-order valence-corrected chi connectivity index (χ0v) is 16.1. The van der Waals surface area contributed by atoms with Crippen molar-refractivity contribution < 1.29 is 28.6 Å². The van der Waals surface area contributed by atoms with Gasteiger partial charge in [0.2, 0.25) is 11.8 Å². The Labute approximate surface area is 156 Å². The van der Waals surface area contributed by atoms with Crippen LogP contribution in [0.2, 0.25) is 0 Å². The van der Waals surface area contributed by atoms with Crippen molar-refractivity contribution in [3.63, 3.8) is 0 Å². The summed E-state index contributed by atoms with van der Waals surface area (Å²) in [5.41, 5.74) is 0. The predicted octanol–water partition coefficient (Wildman–Crippen LogP) is 0.828. The van der Waals surface area contributed by atoms with Gasteiger partial charge in [0, 0.05) is 45.6 Å². The van der Waals surface area contributed by atoms with Gasteiger partial charge >= 0.3 is 0 Å². The second-order valence-electron chi connectivity index (χ2n) is 5.80. The van der Waals surface area contributed by atoms with Crippen LogP contribution in [0.25, 0.3) is 0 Å². The van der Waals surface area contributed by atoms with E-state index in [9.17, 15) is 14.4 Å². The average Bonchev–Trinajstić information content (AvgIpc) is 2.62. The Bertz CT molecular complexity index is 390. The zero-order valence-electron chi connectivity index (χ0n) is 16.1. The molecule has 0 spiro atoms. The van der Waals surface area contributed by atoms with Gasteiger partial charge < -0.3 is 29.6 Å². The van der Waals surface area contributed by atoms with Gasteiger partial charge in [-0.15, -0.1) is 0 Å². The van der Waals surface area contributed by atoms with Gasteiger partial charge in [-0.05, 0) is 19.8 Å². The summed E-state index contributed by atoms with van der Waals surface area (Å²) in [7, 11) is 0. The van der Waals surface area contributed by atoms with E-state index in [0.717, 1.165) is 12.8 Å². The quantitative estimate of drug-likeness (QED) is 0.345. The molecule has 0 aromatic heterocycles. The Morgan fingerprint density at radius 2 is 1.15 bits per heavy atom. The number of rotatable bonds is 18. The second-order valence-corrected chi connectivity index (χ2v) is 5.80. The molecule has 0 heterocycles. The summed E-state index contributed by atoms with van der Waals surface area (Å²) in [5.74, 6) is -0.0191. The maximum atomic E-state index is 11.4. The van der Waals surface area contributed by atoms with Crippen LogP contribution in [0.5, 0.6) is 0 Å². The highest BCUT2D eigenvalue weighted by atomic mass is 16.5. The smallest absolute Gasteiger partial charge is 0.220 e. The number of hydrogen-bond acceptors (Lipinski definition) is 6. The first kappa shape index (κ1) is 24.5. The molecule has 0 bridgehead atoms. The van der Waals surface area contributed by atoms with E-state index in [-0.39, 0.29) is 24.0 Å². The van der Waals surface area contributed by atoms with Gasteiger partial charge in [0.1, 0.15) is 5.78 Å². The molecule has 0 unspecified atom stereocenters. The Morgan fingerprint density at radius 3 is 1.62 bits per heavy atom. The second kappa shape index (κ2) is 18.3. The first-order valence-corrected chi connectivity index (χ1v) is 9.32. The molecule has 2 N–H and O–H groups in total. The highest BCUT2D eigenvalue weighted by Gasteiger charge is 2.02. The summed E-state index contributed by atoms with van der Waals surface area (Å²) in [6, 6.07) is 0. The van der Waals surface area contributed by atoms with Crippen molar-refractivity contribution in [2.45, 2.75) is 46.0 Å². The van der Waals surface area contributed by atoms with E-state index < -0.39 is 0 Å². The maximum absolute atomic E-state index is 11.4. The normalized spacial score (nSPS) is 10.5. The number of hydrogen-bond donors (Lipinski definition) is 2. The third-order valence-electron chi connectivity index (χ3n) is 3.34. The van der Waals surface area contributed by atoms with Crippen LogP contribution in [0.3, 0.4) is 0 Å². The first-order chi connectivity index (χ1) is 12.6. The molecule has 0 saturated heterocycles. The minimum Gasteiger partial charge on any atom is -0.379 e. The van der Waals surface area contributed by atoms with E-state index in [2.05, 4.69) is 10.6 Å².